The van der Waals surface area contributed by atoms with Gasteiger partial charge in [-0.05, 0) is 40.3 Å². The Morgan fingerprint density at radius 3 is 2.40 bits per heavy atom. The molecule has 20 heavy (non-hydrogen) atoms. The number of rotatable bonds is 4. The molecule has 0 aliphatic carbocycles. The topological polar surface area (TPSA) is 35.0 Å². The van der Waals surface area contributed by atoms with Crippen molar-refractivity contribution in [2.75, 3.05) is 7.11 Å². The first-order valence-electron chi connectivity index (χ1n) is 5.65. The van der Waals surface area contributed by atoms with Crippen LogP contribution < -0.4 is 0 Å². The molecule has 0 aliphatic rings. The molecule has 1 aromatic heterocycles. The van der Waals surface area contributed by atoms with E-state index in [4.69, 9.17) is 39.5 Å². The summed E-state index contributed by atoms with van der Waals surface area (Å²) in [6.45, 7) is 0.379. The second-order valence-corrected chi connectivity index (χ2v) is 6.25. The fourth-order valence-electron chi connectivity index (χ4n) is 1.68. The van der Waals surface area contributed by atoms with Crippen LogP contribution in [0.15, 0.2) is 18.2 Å². The van der Waals surface area contributed by atoms with Gasteiger partial charge in [0.25, 0.3) is 0 Å². The largest absolute Gasteiger partial charge is 0.378 e. The standard InChI is InChI=1S/C13H10Cl3IN2O/c1-20-6-10-12(17)13(16)19-11(18-10)5-7-8(14)3-2-4-9(7)15/h2-4H,5-6H2,1H3. The van der Waals surface area contributed by atoms with Crippen LogP contribution in [0.5, 0.6) is 0 Å². The van der Waals surface area contributed by atoms with Crippen LogP contribution in [0.3, 0.4) is 0 Å². The van der Waals surface area contributed by atoms with Crippen molar-refractivity contribution in [1.29, 1.82) is 0 Å². The van der Waals surface area contributed by atoms with Gasteiger partial charge in [0, 0.05) is 23.6 Å². The Balaban J connectivity index is 2.39. The lowest BCUT2D eigenvalue weighted by molar-refractivity contribution is 0.180. The highest BCUT2D eigenvalue weighted by molar-refractivity contribution is 14.1. The molecule has 0 atom stereocenters. The van der Waals surface area contributed by atoms with E-state index in [-0.39, 0.29) is 0 Å². The van der Waals surface area contributed by atoms with Crippen molar-refractivity contribution < 1.29 is 4.74 Å². The second kappa shape index (κ2) is 7.22. The maximum absolute atomic E-state index is 6.15. The average Bonchev–Trinajstić information content (AvgIpc) is 2.40. The van der Waals surface area contributed by atoms with Crippen molar-refractivity contribution in [3.8, 4) is 0 Å². The van der Waals surface area contributed by atoms with Gasteiger partial charge in [0.15, 0.2) is 0 Å². The molecule has 0 N–H and O–H groups in total. The van der Waals surface area contributed by atoms with Gasteiger partial charge in [-0.3, -0.25) is 0 Å². The zero-order valence-electron chi connectivity index (χ0n) is 10.5. The van der Waals surface area contributed by atoms with Crippen LogP contribution in [0.2, 0.25) is 15.2 Å². The quantitative estimate of drug-likeness (QED) is 0.504. The van der Waals surface area contributed by atoms with Gasteiger partial charge in [-0.1, -0.05) is 40.9 Å². The summed E-state index contributed by atoms with van der Waals surface area (Å²) in [5, 5.41) is 1.58. The number of aromatic nitrogens is 2. The van der Waals surface area contributed by atoms with Crippen LogP contribution in [-0.4, -0.2) is 17.1 Å². The molecular weight excluding hydrogens is 433 g/mol. The molecule has 1 heterocycles. The number of ether oxygens (including phenoxy) is 1. The summed E-state index contributed by atoms with van der Waals surface area (Å²) in [5.74, 6) is 0.567. The first-order chi connectivity index (χ1) is 9.52. The number of halogens is 4. The highest BCUT2D eigenvalue weighted by atomic mass is 127. The first kappa shape index (κ1) is 16.2. The molecule has 1 aromatic carbocycles. The molecule has 0 spiro atoms. The molecule has 0 aliphatic heterocycles. The van der Waals surface area contributed by atoms with Gasteiger partial charge in [0.1, 0.15) is 11.0 Å². The van der Waals surface area contributed by atoms with Crippen LogP contribution >= 0.6 is 57.4 Å². The summed E-state index contributed by atoms with van der Waals surface area (Å²) in [7, 11) is 1.61. The van der Waals surface area contributed by atoms with E-state index in [0.717, 1.165) is 14.8 Å². The molecule has 0 fully saturated rings. The van der Waals surface area contributed by atoms with Crippen LogP contribution in [0, 0.1) is 3.57 Å². The van der Waals surface area contributed by atoms with E-state index in [1.807, 2.05) is 0 Å². The maximum atomic E-state index is 6.15. The maximum Gasteiger partial charge on any atom is 0.146 e. The minimum Gasteiger partial charge on any atom is -0.378 e. The Hall–Kier alpha value is -0.140. The highest BCUT2D eigenvalue weighted by Crippen LogP contribution is 2.27. The van der Waals surface area contributed by atoms with Crippen molar-refractivity contribution in [2.24, 2.45) is 0 Å². The summed E-state index contributed by atoms with van der Waals surface area (Å²) in [6, 6.07) is 5.37. The zero-order valence-corrected chi connectivity index (χ0v) is 14.9. The monoisotopic (exact) mass is 442 g/mol. The normalized spacial score (nSPS) is 10.8. The third-order valence-electron chi connectivity index (χ3n) is 2.60. The highest BCUT2D eigenvalue weighted by Gasteiger charge is 2.13. The Morgan fingerprint density at radius 2 is 1.80 bits per heavy atom. The SMILES string of the molecule is COCc1nc(Cc2c(Cl)cccc2Cl)nc(Cl)c1I. The van der Waals surface area contributed by atoms with E-state index >= 15 is 0 Å². The molecule has 2 rings (SSSR count). The summed E-state index contributed by atoms with van der Waals surface area (Å²) in [4.78, 5) is 8.72. The summed E-state index contributed by atoms with van der Waals surface area (Å²) < 4.78 is 5.90. The van der Waals surface area contributed by atoms with Gasteiger partial charge in [-0.2, -0.15) is 0 Å². The van der Waals surface area contributed by atoms with Crippen molar-refractivity contribution in [3.05, 3.63) is 54.0 Å². The Bertz CT molecular complexity index is 617. The number of hydrogen-bond donors (Lipinski definition) is 0. The number of benzene rings is 1. The molecular formula is C13H10Cl3IN2O. The fourth-order valence-corrected chi connectivity index (χ4v) is 2.82. The summed E-state index contributed by atoms with van der Waals surface area (Å²) in [5.41, 5.74) is 1.54. The van der Waals surface area contributed by atoms with Crippen LogP contribution in [0.1, 0.15) is 17.1 Å². The minimum absolute atomic E-state index is 0.379. The number of hydrogen-bond acceptors (Lipinski definition) is 3. The molecule has 0 saturated carbocycles. The molecule has 0 saturated heterocycles. The Morgan fingerprint density at radius 1 is 1.15 bits per heavy atom. The molecule has 106 valence electrons. The van der Waals surface area contributed by atoms with Crippen molar-refractivity contribution >= 4 is 57.4 Å². The van der Waals surface area contributed by atoms with Crippen molar-refractivity contribution in [3.63, 3.8) is 0 Å². The van der Waals surface area contributed by atoms with E-state index in [9.17, 15) is 0 Å². The predicted molar refractivity (Wildman–Crippen MR) is 89.7 cm³/mol. The van der Waals surface area contributed by atoms with E-state index < -0.39 is 0 Å². The molecule has 3 nitrogen and oxygen atoms in total. The van der Waals surface area contributed by atoms with Crippen molar-refractivity contribution in [1.82, 2.24) is 9.97 Å². The Labute approximate surface area is 145 Å². The lowest BCUT2D eigenvalue weighted by Crippen LogP contribution is -2.06. The summed E-state index contributed by atoms with van der Waals surface area (Å²) >= 11 is 20.5. The first-order valence-corrected chi connectivity index (χ1v) is 7.86. The van der Waals surface area contributed by atoms with E-state index in [0.29, 0.717) is 34.1 Å². The van der Waals surface area contributed by atoms with Crippen LogP contribution in [0.25, 0.3) is 0 Å². The second-order valence-electron chi connectivity index (χ2n) is 4.00. The third kappa shape index (κ3) is 3.74. The van der Waals surface area contributed by atoms with E-state index in [1.165, 1.54) is 0 Å². The third-order valence-corrected chi connectivity index (χ3v) is 5.04. The molecule has 0 unspecified atom stereocenters. The van der Waals surface area contributed by atoms with E-state index in [2.05, 4.69) is 32.6 Å². The number of nitrogens with zero attached hydrogens (tertiary/aromatic N) is 2. The zero-order chi connectivity index (χ0) is 14.7. The Kier molecular flexibility index (Phi) is 5.86. The lowest BCUT2D eigenvalue weighted by atomic mass is 10.1. The van der Waals surface area contributed by atoms with Gasteiger partial charge < -0.3 is 4.74 Å². The molecule has 0 bridgehead atoms. The van der Waals surface area contributed by atoms with Crippen molar-refractivity contribution in [2.45, 2.75) is 13.0 Å². The molecule has 2 aromatic rings. The summed E-state index contributed by atoms with van der Waals surface area (Å²) in [6.07, 6.45) is 0.422. The van der Waals surface area contributed by atoms with Gasteiger partial charge in [0.2, 0.25) is 0 Å². The van der Waals surface area contributed by atoms with Gasteiger partial charge in [0.05, 0.1) is 15.9 Å². The lowest BCUT2D eigenvalue weighted by Gasteiger charge is -2.09. The number of methoxy groups -OCH3 is 1. The average molecular weight is 443 g/mol. The molecule has 0 radical (unpaired) electrons. The smallest absolute Gasteiger partial charge is 0.146 e. The predicted octanol–water partition coefficient (Wildman–Crippen LogP) is 4.78. The minimum atomic E-state index is 0.379. The van der Waals surface area contributed by atoms with E-state index in [1.54, 1.807) is 25.3 Å². The van der Waals surface area contributed by atoms with Gasteiger partial charge in [-0.15, -0.1) is 0 Å². The van der Waals surface area contributed by atoms with Gasteiger partial charge >= 0.3 is 0 Å². The molecule has 0 amide bonds. The van der Waals surface area contributed by atoms with Crippen LogP contribution in [-0.2, 0) is 17.8 Å². The molecule has 7 heteroatoms. The fraction of sp³-hybridized carbons (Fsp3) is 0.231. The van der Waals surface area contributed by atoms with Crippen LogP contribution in [0.4, 0.5) is 0 Å². The van der Waals surface area contributed by atoms with Gasteiger partial charge in [-0.25, -0.2) is 9.97 Å².